The van der Waals surface area contributed by atoms with Crippen LogP contribution in [0.15, 0.2) is 65.8 Å². The van der Waals surface area contributed by atoms with Crippen molar-refractivity contribution in [1.29, 1.82) is 0 Å². The van der Waals surface area contributed by atoms with Crippen LogP contribution in [0.4, 0.5) is 5.69 Å². The predicted octanol–water partition coefficient (Wildman–Crippen LogP) is 7.83. The zero-order valence-corrected chi connectivity index (χ0v) is 21.2. The van der Waals surface area contributed by atoms with Gasteiger partial charge in [0.15, 0.2) is 0 Å². The molecule has 0 unspecified atom stereocenters. The summed E-state index contributed by atoms with van der Waals surface area (Å²) in [5.41, 5.74) is 6.18. The number of aromatic nitrogens is 2. The second-order valence-electron chi connectivity index (χ2n) is 7.07. The van der Waals surface area contributed by atoms with Gasteiger partial charge >= 0.3 is 39.6 Å². The number of halogens is 2. The average Bonchev–Trinajstić information content (AvgIpc) is 2.73. The first-order valence-corrected chi connectivity index (χ1v) is 14.8. The van der Waals surface area contributed by atoms with Gasteiger partial charge in [-0.15, -0.1) is 0 Å². The second kappa shape index (κ2) is 12.4. The van der Waals surface area contributed by atoms with Gasteiger partial charge in [-0.1, -0.05) is 58.0 Å². The summed E-state index contributed by atoms with van der Waals surface area (Å²) in [4.78, 5) is 13.9. The molecular formula is C23H25Br2FeN3. The van der Waals surface area contributed by atoms with Crippen LogP contribution in [0, 0.1) is 0 Å². The van der Waals surface area contributed by atoms with Gasteiger partial charge in [0.1, 0.15) is 0 Å². The second-order valence-corrected chi connectivity index (χ2v) is 12.6. The van der Waals surface area contributed by atoms with E-state index in [1.165, 1.54) is 11.1 Å². The number of aliphatic imine (C=N–C) groups is 1. The van der Waals surface area contributed by atoms with Crippen molar-refractivity contribution in [3.8, 4) is 11.4 Å². The van der Waals surface area contributed by atoms with E-state index in [0.29, 0.717) is 11.8 Å². The van der Waals surface area contributed by atoms with E-state index in [1.807, 2.05) is 42.6 Å². The maximum absolute atomic E-state index is 4.85. The zero-order chi connectivity index (χ0) is 21.2. The van der Waals surface area contributed by atoms with Crippen molar-refractivity contribution in [1.82, 2.24) is 9.97 Å². The maximum atomic E-state index is 4.85. The number of rotatable bonds is 5. The van der Waals surface area contributed by atoms with E-state index in [-0.39, 0.29) is 0 Å². The number of pyridine rings is 2. The van der Waals surface area contributed by atoms with Crippen molar-refractivity contribution in [3.05, 3.63) is 77.6 Å². The topological polar surface area (TPSA) is 38.1 Å². The van der Waals surface area contributed by atoms with Crippen LogP contribution in [0.25, 0.3) is 11.4 Å². The van der Waals surface area contributed by atoms with Gasteiger partial charge in [-0.25, -0.2) is 4.98 Å². The molecule has 1 aromatic carbocycles. The molecule has 0 N–H and O–H groups in total. The minimum absolute atomic E-state index is 0.425. The van der Waals surface area contributed by atoms with E-state index in [9.17, 15) is 0 Å². The Kier molecular flexibility index (Phi) is 10.2. The summed E-state index contributed by atoms with van der Waals surface area (Å²) in [6.07, 6.45) is 3.64. The quantitative estimate of drug-likeness (QED) is 0.236. The van der Waals surface area contributed by atoms with E-state index >= 15 is 0 Å². The summed E-state index contributed by atoms with van der Waals surface area (Å²) >= 11 is 7.00. The van der Waals surface area contributed by atoms with Crippen LogP contribution in [-0.4, -0.2) is 16.2 Å². The standard InChI is InChI=1S/C23H25N3.2BrH.Fe/c1-16(2)19-10-8-11-20(17(3)4)23(19)25-15-18-9-7-13-22(26-18)21-12-5-6-14-24-21;;;/h5-17H,1-4H3;2*1H;/q;;;+2/p-2. The molecule has 2 aromatic heterocycles. The SMILES string of the molecule is CC(C)c1cccc(C(C)C)c1N=Cc1cccc(-c2ccccn2)n1.[Br][Fe][Br]. The van der Waals surface area contributed by atoms with Crippen molar-refractivity contribution in [3.63, 3.8) is 0 Å². The molecule has 0 aliphatic carbocycles. The van der Waals surface area contributed by atoms with Crippen LogP contribution in [0.2, 0.25) is 0 Å². The van der Waals surface area contributed by atoms with E-state index in [2.05, 4.69) is 79.1 Å². The number of benzene rings is 1. The Bertz CT molecular complexity index is 902. The Morgan fingerprint density at radius 1 is 0.828 bits per heavy atom. The molecule has 0 fully saturated rings. The molecule has 0 saturated heterocycles. The number of nitrogens with zero attached hydrogens (tertiary/aromatic N) is 3. The molecule has 0 radical (unpaired) electrons. The van der Waals surface area contributed by atoms with Crippen LogP contribution < -0.4 is 0 Å². The average molecular weight is 559 g/mol. The Morgan fingerprint density at radius 3 is 1.97 bits per heavy atom. The Morgan fingerprint density at radius 2 is 1.41 bits per heavy atom. The zero-order valence-electron chi connectivity index (χ0n) is 17.0. The molecule has 0 aliphatic rings. The number of hydrogen-bond donors (Lipinski definition) is 0. The van der Waals surface area contributed by atoms with Crippen molar-refractivity contribution in [2.45, 2.75) is 39.5 Å². The summed E-state index contributed by atoms with van der Waals surface area (Å²) in [6.45, 7) is 8.83. The molecule has 3 nitrogen and oxygen atoms in total. The van der Waals surface area contributed by atoms with Crippen molar-refractivity contribution >= 4 is 40.1 Å². The van der Waals surface area contributed by atoms with Crippen LogP contribution in [0.3, 0.4) is 0 Å². The number of para-hydroxylation sites is 1. The first-order valence-electron chi connectivity index (χ1n) is 9.38. The van der Waals surface area contributed by atoms with E-state index in [1.54, 1.807) is 6.20 Å². The Balaban J connectivity index is 0.000000941. The third-order valence-corrected chi connectivity index (χ3v) is 4.37. The first-order chi connectivity index (χ1) is 14.0. The van der Waals surface area contributed by atoms with Crippen LogP contribution in [0.1, 0.15) is 56.4 Å². The van der Waals surface area contributed by atoms with Crippen molar-refractivity contribution in [2.75, 3.05) is 0 Å². The number of hydrogen-bond acceptors (Lipinski definition) is 3. The summed E-state index contributed by atoms with van der Waals surface area (Å²) < 4.78 is 0. The van der Waals surface area contributed by atoms with E-state index in [4.69, 9.17) is 9.98 Å². The summed E-state index contributed by atoms with van der Waals surface area (Å²) in [6, 6.07) is 18.3. The van der Waals surface area contributed by atoms with Gasteiger partial charge in [0.05, 0.1) is 29.0 Å². The van der Waals surface area contributed by atoms with Gasteiger partial charge in [-0.3, -0.25) is 9.98 Å². The Labute approximate surface area is 194 Å². The third kappa shape index (κ3) is 7.14. The third-order valence-electron chi connectivity index (χ3n) is 4.37. The fourth-order valence-electron chi connectivity index (χ4n) is 2.97. The van der Waals surface area contributed by atoms with Crippen LogP contribution in [-0.2, 0) is 11.3 Å². The fraction of sp³-hybridized carbons (Fsp3) is 0.261. The molecule has 0 amide bonds. The molecule has 0 spiro atoms. The molecule has 3 aromatic rings. The summed E-state index contributed by atoms with van der Waals surface area (Å²) in [5, 5.41) is 0. The normalized spacial score (nSPS) is 11.2. The van der Waals surface area contributed by atoms with Crippen LogP contribution >= 0.6 is 28.2 Å². The van der Waals surface area contributed by atoms with Crippen LogP contribution in [0.5, 0.6) is 0 Å². The predicted molar refractivity (Wildman–Crippen MR) is 127 cm³/mol. The van der Waals surface area contributed by atoms with Crippen molar-refractivity contribution < 1.29 is 11.3 Å². The summed E-state index contributed by atoms with van der Waals surface area (Å²) in [5.74, 6) is 0.849. The molecule has 2 heterocycles. The van der Waals surface area contributed by atoms with E-state index < -0.39 is 0 Å². The monoisotopic (exact) mass is 557 g/mol. The van der Waals surface area contributed by atoms with Gasteiger partial charge in [-0.2, -0.15) is 0 Å². The van der Waals surface area contributed by atoms with Gasteiger partial charge in [-0.05, 0) is 47.2 Å². The van der Waals surface area contributed by atoms with Gasteiger partial charge < -0.3 is 0 Å². The molecule has 0 atom stereocenters. The van der Waals surface area contributed by atoms with Gasteiger partial charge in [0.2, 0.25) is 0 Å². The molecule has 0 saturated carbocycles. The van der Waals surface area contributed by atoms with Gasteiger partial charge in [0, 0.05) is 6.20 Å². The molecule has 0 bridgehead atoms. The van der Waals surface area contributed by atoms with Gasteiger partial charge in [0.25, 0.3) is 0 Å². The van der Waals surface area contributed by atoms with Crippen molar-refractivity contribution in [2.24, 2.45) is 4.99 Å². The minimum atomic E-state index is 0.425. The molecule has 29 heavy (non-hydrogen) atoms. The molecular weight excluding hydrogens is 534 g/mol. The Hall–Kier alpha value is -1.33. The molecule has 0 aliphatic heterocycles. The first kappa shape index (κ1) is 23.9. The molecule has 154 valence electrons. The van der Waals surface area contributed by atoms with E-state index in [0.717, 1.165) is 34.1 Å². The summed E-state index contributed by atoms with van der Waals surface area (Å²) in [7, 11) is 0. The molecule has 6 heteroatoms. The fourth-order valence-corrected chi connectivity index (χ4v) is 2.97. The molecule has 3 rings (SSSR count).